The minimum Gasteiger partial charge on any atom is -0.212 e. The van der Waals surface area contributed by atoms with Crippen molar-refractivity contribution < 1.29 is 8.42 Å². The zero-order valence-corrected chi connectivity index (χ0v) is 12.5. The maximum Gasteiger partial charge on any atom is 0.212 e. The van der Waals surface area contributed by atoms with E-state index in [2.05, 4.69) is 20.7 Å². The molecular formula is C12H18BrNO2S. The Morgan fingerprint density at radius 3 is 2.35 bits per heavy atom. The van der Waals surface area contributed by atoms with Crippen molar-refractivity contribution >= 4 is 26.0 Å². The Kier molecular flexibility index (Phi) is 5.62. The summed E-state index contributed by atoms with van der Waals surface area (Å²) >= 11 is 3.25. The Morgan fingerprint density at radius 2 is 1.82 bits per heavy atom. The number of benzene rings is 1. The molecule has 0 heterocycles. The van der Waals surface area contributed by atoms with Crippen molar-refractivity contribution in [3.8, 4) is 0 Å². The highest BCUT2D eigenvalue weighted by Crippen LogP contribution is 2.16. The zero-order valence-electron chi connectivity index (χ0n) is 10.1. The van der Waals surface area contributed by atoms with Crippen LogP contribution in [0.1, 0.15) is 25.3 Å². The molecule has 5 heteroatoms. The van der Waals surface area contributed by atoms with Gasteiger partial charge in [0.05, 0.1) is 5.75 Å². The molecule has 3 nitrogen and oxygen atoms in total. The minimum absolute atomic E-state index is 0.00349. The van der Waals surface area contributed by atoms with Gasteiger partial charge in [-0.2, -0.15) is 0 Å². The van der Waals surface area contributed by atoms with E-state index in [1.165, 1.54) is 0 Å². The fourth-order valence-electron chi connectivity index (χ4n) is 1.59. The summed E-state index contributed by atoms with van der Waals surface area (Å²) in [6.07, 6.45) is 0. The lowest BCUT2D eigenvalue weighted by Gasteiger charge is -2.15. The Morgan fingerprint density at radius 1 is 1.24 bits per heavy atom. The second kappa shape index (κ2) is 6.52. The maximum absolute atomic E-state index is 11.9. The van der Waals surface area contributed by atoms with E-state index in [4.69, 9.17) is 0 Å². The largest absolute Gasteiger partial charge is 0.212 e. The third-order valence-electron chi connectivity index (χ3n) is 2.45. The van der Waals surface area contributed by atoms with E-state index in [-0.39, 0.29) is 17.7 Å². The van der Waals surface area contributed by atoms with Gasteiger partial charge in [0, 0.05) is 11.4 Å². The molecule has 0 fully saturated rings. The standard InChI is InChI=1S/C12H18BrNO2S/c1-10(12-6-4-3-5-7-12)9-17(15,16)14-11(2)8-13/h3-7,10-11,14H,8-9H2,1-2H3. The fourth-order valence-corrected chi connectivity index (χ4v) is 3.61. The Balaban J connectivity index is 2.65. The van der Waals surface area contributed by atoms with Crippen LogP contribution < -0.4 is 4.72 Å². The van der Waals surface area contributed by atoms with Gasteiger partial charge in [0.15, 0.2) is 0 Å². The summed E-state index contributed by atoms with van der Waals surface area (Å²) in [5, 5.41) is 0.617. The molecular weight excluding hydrogens is 302 g/mol. The summed E-state index contributed by atoms with van der Waals surface area (Å²) in [7, 11) is -3.22. The van der Waals surface area contributed by atoms with Gasteiger partial charge in [0.2, 0.25) is 10.0 Å². The van der Waals surface area contributed by atoms with E-state index < -0.39 is 10.0 Å². The van der Waals surface area contributed by atoms with E-state index in [9.17, 15) is 8.42 Å². The molecule has 0 bridgehead atoms. The van der Waals surface area contributed by atoms with Gasteiger partial charge in [-0.3, -0.25) is 0 Å². The molecule has 0 aliphatic rings. The lowest BCUT2D eigenvalue weighted by atomic mass is 10.0. The van der Waals surface area contributed by atoms with Gasteiger partial charge in [0.25, 0.3) is 0 Å². The molecule has 2 atom stereocenters. The highest BCUT2D eigenvalue weighted by atomic mass is 79.9. The van der Waals surface area contributed by atoms with Gasteiger partial charge in [-0.05, 0) is 18.4 Å². The molecule has 0 aliphatic heterocycles. The monoisotopic (exact) mass is 319 g/mol. The lowest BCUT2D eigenvalue weighted by molar-refractivity contribution is 0.566. The van der Waals surface area contributed by atoms with Crippen molar-refractivity contribution in [3.05, 3.63) is 35.9 Å². The first kappa shape index (κ1) is 14.7. The SMILES string of the molecule is CC(CBr)NS(=O)(=O)CC(C)c1ccccc1. The van der Waals surface area contributed by atoms with Crippen LogP contribution in [0.4, 0.5) is 0 Å². The quantitative estimate of drug-likeness (QED) is 0.819. The number of hydrogen-bond donors (Lipinski definition) is 1. The van der Waals surface area contributed by atoms with E-state index in [1.807, 2.05) is 44.2 Å². The maximum atomic E-state index is 11.9. The number of halogens is 1. The van der Waals surface area contributed by atoms with Crippen LogP contribution in [0.3, 0.4) is 0 Å². The summed E-state index contributed by atoms with van der Waals surface area (Å²) in [5.74, 6) is 0.116. The Bertz CT molecular complexity index is 433. The van der Waals surface area contributed by atoms with Crippen molar-refractivity contribution in [1.82, 2.24) is 4.72 Å². The van der Waals surface area contributed by atoms with E-state index in [0.29, 0.717) is 5.33 Å². The number of rotatable bonds is 6. The van der Waals surface area contributed by atoms with Crippen LogP contribution in [0.5, 0.6) is 0 Å². The molecule has 1 N–H and O–H groups in total. The van der Waals surface area contributed by atoms with Crippen molar-refractivity contribution in [1.29, 1.82) is 0 Å². The summed E-state index contributed by atoms with van der Waals surface area (Å²) in [4.78, 5) is 0. The first-order valence-corrected chi connectivity index (χ1v) is 8.33. The summed E-state index contributed by atoms with van der Waals surface area (Å²) in [6, 6.07) is 9.60. The van der Waals surface area contributed by atoms with Crippen LogP contribution in [0, 0.1) is 0 Å². The molecule has 96 valence electrons. The van der Waals surface area contributed by atoms with Crippen LogP contribution in [-0.2, 0) is 10.0 Å². The molecule has 0 aromatic heterocycles. The van der Waals surface area contributed by atoms with Crippen LogP contribution >= 0.6 is 15.9 Å². The van der Waals surface area contributed by atoms with Crippen LogP contribution in [0.25, 0.3) is 0 Å². The predicted octanol–water partition coefficient (Wildman–Crippen LogP) is 2.49. The predicted molar refractivity (Wildman–Crippen MR) is 75.0 cm³/mol. The summed E-state index contributed by atoms with van der Waals surface area (Å²) in [6.45, 7) is 3.76. The third kappa shape index (κ3) is 5.19. The van der Waals surface area contributed by atoms with Gasteiger partial charge < -0.3 is 0 Å². The molecule has 2 unspecified atom stereocenters. The summed E-state index contributed by atoms with van der Waals surface area (Å²) < 4.78 is 26.3. The Labute approximate surface area is 112 Å². The van der Waals surface area contributed by atoms with E-state index >= 15 is 0 Å². The van der Waals surface area contributed by atoms with Gasteiger partial charge >= 0.3 is 0 Å². The van der Waals surface area contributed by atoms with Crippen molar-refractivity contribution in [2.75, 3.05) is 11.1 Å². The molecule has 17 heavy (non-hydrogen) atoms. The van der Waals surface area contributed by atoms with Crippen molar-refractivity contribution in [3.63, 3.8) is 0 Å². The molecule has 0 spiro atoms. The topological polar surface area (TPSA) is 46.2 Å². The van der Waals surface area contributed by atoms with Crippen LogP contribution in [0.15, 0.2) is 30.3 Å². The van der Waals surface area contributed by atoms with Crippen molar-refractivity contribution in [2.45, 2.75) is 25.8 Å². The fraction of sp³-hybridized carbons (Fsp3) is 0.500. The number of hydrogen-bond acceptors (Lipinski definition) is 2. The number of nitrogens with one attached hydrogen (secondary N) is 1. The molecule has 1 aromatic rings. The number of sulfonamides is 1. The highest BCUT2D eigenvalue weighted by Gasteiger charge is 2.18. The van der Waals surface area contributed by atoms with E-state index in [0.717, 1.165) is 5.56 Å². The average molecular weight is 320 g/mol. The van der Waals surface area contributed by atoms with Gasteiger partial charge in [-0.25, -0.2) is 13.1 Å². The Hall–Kier alpha value is -0.390. The average Bonchev–Trinajstić information content (AvgIpc) is 2.28. The van der Waals surface area contributed by atoms with Gasteiger partial charge in [-0.15, -0.1) is 0 Å². The third-order valence-corrected chi connectivity index (χ3v) is 5.12. The van der Waals surface area contributed by atoms with Crippen molar-refractivity contribution in [2.24, 2.45) is 0 Å². The molecule has 1 aromatic carbocycles. The molecule has 0 saturated carbocycles. The molecule has 1 rings (SSSR count). The molecule has 0 amide bonds. The first-order valence-electron chi connectivity index (χ1n) is 5.55. The normalized spacial score (nSPS) is 15.5. The molecule has 0 radical (unpaired) electrons. The minimum atomic E-state index is -3.22. The summed E-state index contributed by atoms with van der Waals surface area (Å²) in [5.41, 5.74) is 1.05. The van der Waals surface area contributed by atoms with Gasteiger partial charge in [0.1, 0.15) is 0 Å². The molecule has 0 saturated heterocycles. The van der Waals surface area contributed by atoms with Crippen LogP contribution in [-0.4, -0.2) is 25.5 Å². The number of alkyl halides is 1. The first-order chi connectivity index (χ1) is 7.94. The second-order valence-electron chi connectivity index (χ2n) is 4.27. The second-order valence-corrected chi connectivity index (χ2v) is 6.71. The smallest absolute Gasteiger partial charge is 0.212 e. The van der Waals surface area contributed by atoms with Gasteiger partial charge in [-0.1, -0.05) is 53.2 Å². The van der Waals surface area contributed by atoms with E-state index in [1.54, 1.807) is 0 Å². The molecule has 0 aliphatic carbocycles. The highest BCUT2D eigenvalue weighted by molar-refractivity contribution is 9.09. The zero-order chi connectivity index (χ0) is 12.9. The van der Waals surface area contributed by atoms with Crippen LogP contribution in [0.2, 0.25) is 0 Å². The lowest BCUT2D eigenvalue weighted by Crippen LogP contribution is -2.36.